The summed E-state index contributed by atoms with van der Waals surface area (Å²) in [6, 6.07) is 12.8. The highest BCUT2D eigenvalue weighted by Crippen LogP contribution is 2.29. The number of carbonyl (C=O) groups excluding carboxylic acids is 1. The Bertz CT molecular complexity index is 1340. The van der Waals surface area contributed by atoms with E-state index in [-0.39, 0.29) is 17.6 Å². The number of fused-ring (bicyclic) bond motifs is 2. The van der Waals surface area contributed by atoms with E-state index >= 15 is 0 Å². The summed E-state index contributed by atoms with van der Waals surface area (Å²) in [6.07, 6.45) is 0. The molecule has 4 heterocycles. The maximum absolute atomic E-state index is 12.5. The summed E-state index contributed by atoms with van der Waals surface area (Å²) < 4.78 is 17.0. The van der Waals surface area contributed by atoms with Gasteiger partial charge in [0, 0.05) is 30.0 Å². The van der Waals surface area contributed by atoms with E-state index in [9.17, 15) is 9.59 Å². The van der Waals surface area contributed by atoms with Crippen molar-refractivity contribution in [3.8, 4) is 11.4 Å². The lowest BCUT2D eigenvalue weighted by atomic mass is 10.1. The van der Waals surface area contributed by atoms with Crippen LogP contribution >= 0.6 is 0 Å². The molecular formula is C27H29N7O6. The van der Waals surface area contributed by atoms with Crippen LogP contribution in [0.5, 0.6) is 0 Å². The number of morpholine rings is 3. The Morgan fingerprint density at radius 2 is 1.30 bits per heavy atom. The standard InChI is InChI=1S/C27H29N7O6/c35-24(36)18-3-7-20(8-4-18)29-27(37)28-19-5-1-17(2-6-19)23-30-25(33-9-11-38-12-10-33)32-26(31-23)34-21-13-39-15-22(34)16-40-14-21/h1-8,21-22H,9-16H2,(H,35,36)(H2,28,29,37). The third kappa shape index (κ3) is 5.66. The quantitative estimate of drug-likeness (QED) is 0.417. The molecule has 3 aliphatic heterocycles. The Morgan fingerprint density at radius 3 is 1.88 bits per heavy atom. The molecule has 0 spiro atoms. The largest absolute Gasteiger partial charge is 0.478 e. The molecule has 3 fully saturated rings. The summed E-state index contributed by atoms with van der Waals surface area (Å²) in [5.74, 6) is 0.708. The zero-order valence-electron chi connectivity index (χ0n) is 21.7. The molecule has 13 heteroatoms. The number of aromatic nitrogens is 3. The number of urea groups is 1. The molecule has 6 rings (SSSR count). The van der Waals surface area contributed by atoms with E-state index in [0.717, 1.165) is 5.56 Å². The molecule has 2 aromatic carbocycles. The SMILES string of the molecule is O=C(Nc1ccc(C(=O)O)cc1)Nc1ccc(-c2nc(N3CCOCC3)nc(N3C4COCC3COC4)n2)cc1. The first-order valence-electron chi connectivity index (χ1n) is 13.1. The van der Waals surface area contributed by atoms with Crippen molar-refractivity contribution in [1.29, 1.82) is 0 Å². The molecule has 0 saturated carbocycles. The average Bonchev–Trinajstić information content (AvgIpc) is 2.97. The van der Waals surface area contributed by atoms with Crippen molar-refractivity contribution in [3.05, 3.63) is 54.1 Å². The van der Waals surface area contributed by atoms with Gasteiger partial charge in [-0.2, -0.15) is 15.0 Å². The van der Waals surface area contributed by atoms with Gasteiger partial charge in [0.15, 0.2) is 5.82 Å². The number of nitrogens with zero attached hydrogens (tertiary/aromatic N) is 5. The number of amides is 2. The molecule has 0 unspecified atom stereocenters. The zero-order chi connectivity index (χ0) is 27.5. The Kier molecular flexibility index (Phi) is 7.40. The summed E-state index contributed by atoms with van der Waals surface area (Å²) in [5, 5.41) is 14.5. The second kappa shape index (κ2) is 11.4. The number of nitrogens with one attached hydrogen (secondary N) is 2. The highest BCUT2D eigenvalue weighted by Gasteiger charge is 2.38. The van der Waals surface area contributed by atoms with Crippen molar-refractivity contribution < 1.29 is 28.9 Å². The van der Waals surface area contributed by atoms with Crippen LogP contribution in [0.3, 0.4) is 0 Å². The number of carboxylic acids is 1. The fourth-order valence-electron chi connectivity index (χ4n) is 4.92. The molecule has 13 nitrogen and oxygen atoms in total. The van der Waals surface area contributed by atoms with Crippen LogP contribution in [0.25, 0.3) is 11.4 Å². The summed E-state index contributed by atoms with van der Waals surface area (Å²) in [4.78, 5) is 42.3. The van der Waals surface area contributed by atoms with Gasteiger partial charge in [0.05, 0.1) is 57.3 Å². The van der Waals surface area contributed by atoms with Gasteiger partial charge in [-0.1, -0.05) is 0 Å². The van der Waals surface area contributed by atoms with E-state index in [1.165, 1.54) is 24.3 Å². The van der Waals surface area contributed by atoms with Gasteiger partial charge in [-0.05, 0) is 48.5 Å². The number of aromatic carboxylic acids is 1. The van der Waals surface area contributed by atoms with Gasteiger partial charge in [-0.3, -0.25) is 0 Å². The molecule has 3 N–H and O–H groups in total. The van der Waals surface area contributed by atoms with E-state index in [1.807, 2.05) is 12.1 Å². The summed E-state index contributed by atoms with van der Waals surface area (Å²) >= 11 is 0. The number of hydrogen-bond acceptors (Lipinski definition) is 10. The van der Waals surface area contributed by atoms with Crippen LogP contribution in [-0.4, -0.2) is 96.9 Å². The van der Waals surface area contributed by atoms with Crippen LogP contribution in [0.1, 0.15) is 10.4 Å². The van der Waals surface area contributed by atoms with Gasteiger partial charge in [0.1, 0.15) is 0 Å². The third-order valence-electron chi connectivity index (χ3n) is 6.96. The highest BCUT2D eigenvalue weighted by molar-refractivity contribution is 6.00. The van der Waals surface area contributed by atoms with E-state index in [4.69, 9.17) is 34.3 Å². The molecule has 3 aromatic rings. The van der Waals surface area contributed by atoms with Gasteiger partial charge in [-0.15, -0.1) is 0 Å². The fraction of sp³-hybridized carbons (Fsp3) is 0.370. The second-order valence-electron chi connectivity index (χ2n) is 9.69. The molecule has 3 saturated heterocycles. The van der Waals surface area contributed by atoms with Gasteiger partial charge >= 0.3 is 12.0 Å². The Labute approximate surface area is 230 Å². The third-order valence-corrected chi connectivity index (χ3v) is 6.96. The first kappa shape index (κ1) is 25.9. The smallest absolute Gasteiger partial charge is 0.335 e. The Morgan fingerprint density at radius 1 is 0.750 bits per heavy atom. The number of ether oxygens (including phenoxy) is 3. The van der Waals surface area contributed by atoms with Gasteiger partial charge in [-0.25, -0.2) is 9.59 Å². The molecule has 0 atom stereocenters. The summed E-state index contributed by atoms with van der Waals surface area (Å²) in [6.45, 7) is 4.82. The van der Waals surface area contributed by atoms with Crippen LogP contribution in [0.2, 0.25) is 0 Å². The number of benzene rings is 2. The number of carbonyl (C=O) groups is 2. The minimum Gasteiger partial charge on any atom is -0.478 e. The van der Waals surface area contributed by atoms with Crippen molar-refractivity contribution in [2.75, 3.05) is 73.2 Å². The number of hydrogen-bond donors (Lipinski definition) is 3. The highest BCUT2D eigenvalue weighted by atomic mass is 16.5. The van der Waals surface area contributed by atoms with Crippen molar-refractivity contribution in [2.45, 2.75) is 12.1 Å². The fourth-order valence-corrected chi connectivity index (χ4v) is 4.92. The van der Waals surface area contributed by atoms with Gasteiger partial charge in [0.25, 0.3) is 0 Å². The molecule has 2 bridgehead atoms. The molecule has 0 radical (unpaired) electrons. The van der Waals surface area contributed by atoms with E-state index in [2.05, 4.69) is 20.4 Å². The molecule has 40 heavy (non-hydrogen) atoms. The van der Waals surface area contributed by atoms with Gasteiger partial charge in [0.2, 0.25) is 11.9 Å². The van der Waals surface area contributed by atoms with Crippen LogP contribution in [0.15, 0.2) is 48.5 Å². The number of anilines is 4. The average molecular weight is 548 g/mol. The van der Waals surface area contributed by atoms with Crippen molar-refractivity contribution >= 4 is 35.3 Å². The number of carboxylic acid groups (broad SMARTS) is 1. The maximum atomic E-state index is 12.5. The topological polar surface area (TPSA) is 151 Å². The lowest BCUT2D eigenvalue weighted by Gasteiger charge is -2.45. The first-order valence-corrected chi connectivity index (χ1v) is 13.1. The lowest BCUT2D eigenvalue weighted by Crippen LogP contribution is -2.60. The normalized spacial score (nSPS) is 20.6. The maximum Gasteiger partial charge on any atom is 0.335 e. The van der Waals surface area contributed by atoms with Crippen molar-refractivity contribution in [3.63, 3.8) is 0 Å². The number of rotatable bonds is 6. The predicted octanol–water partition coefficient (Wildman–Crippen LogP) is 2.32. The molecule has 0 aliphatic carbocycles. The van der Waals surface area contributed by atoms with Crippen molar-refractivity contribution in [1.82, 2.24) is 15.0 Å². The molecule has 3 aliphatic rings. The minimum absolute atomic E-state index is 0.0331. The Balaban J connectivity index is 1.22. The van der Waals surface area contributed by atoms with E-state index in [1.54, 1.807) is 12.1 Å². The summed E-state index contributed by atoms with van der Waals surface area (Å²) in [5.41, 5.74) is 1.98. The van der Waals surface area contributed by atoms with Crippen molar-refractivity contribution in [2.24, 2.45) is 0 Å². The molecule has 208 valence electrons. The summed E-state index contributed by atoms with van der Waals surface area (Å²) in [7, 11) is 0. The van der Waals surface area contributed by atoms with Crippen LogP contribution in [0.4, 0.5) is 28.1 Å². The van der Waals surface area contributed by atoms with Crippen LogP contribution < -0.4 is 20.4 Å². The van der Waals surface area contributed by atoms with E-state index in [0.29, 0.717) is 81.8 Å². The van der Waals surface area contributed by atoms with Crippen LogP contribution in [-0.2, 0) is 14.2 Å². The monoisotopic (exact) mass is 547 g/mol. The van der Waals surface area contributed by atoms with Gasteiger partial charge < -0.3 is 39.8 Å². The zero-order valence-corrected chi connectivity index (χ0v) is 21.7. The Hall–Kier alpha value is -4.33. The molecular weight excluding hydrogens is 518 g/mol. The molecule has 1 aromatic heterocycles. The van der Waals surface area contributed by atoms with E-state index < -0.39 is 12.0 Å². The molecule has 2 amide bonds. The predicted molar refractivity (Wildman–Crippen MR) is 146 cm³/mol. The minimum atomic E-state index is -1.03. The second-order valence-corrected chi connectivity index (χ2v) is 9.69. The first-order chi connectivity index (χ1) is 19.5. The van der Waals surface area contributed by atoms with Crippen LogP contribution in [0, 0.1) is 0 Å². The lowest BCUT2D eigenvalue weighted by molar-refractivity contribution is -0.0355.